The van der Waals surface area contributed by atoms with Gasteiger partial charge in [0.15, 0.2) is 16.6 Å². The third-order valence-corrected chi connectivity index (χ3v) is 13.6. The minimum absolute atomic E-state index is 0.160. The van der Waals surface area contributed by atoms with Crippen LogP contribution in [0.1, 0.15) is 18.1 Å². The van der Waals surface area contributed by atoms with Gasteiger partial charge in [0.1, 0.15) is 22.5 Å². The van der Waals surface area contributed by atoms with E-state index in [9.17, 15) is 5.11 Å². The number of rotatable bonds is 10. The summed E-state index contributed by atoms with van der Waals surface area (Å²) in [6.07, 6.45) is 0.658. The molecule has 1 atom stereocenters. The fourth-order valence-corrected chi connectivity index (χ4v) is 14.5. The number of hydrogen-bond acceptors (Lipinski definition) is 6. The Morgan fingerprint density at radius 3 is 1.94 bits per heavy atom. The van der Waals surface area contributed by atoms with Gasteiger partial charge in [-0.15, -0.1) is 15.0 Å². The van der Waals surface area contributed by atoms with Gasteiger partial charge in [-0.05, 0) is 87.9 Å². The molecular formula is C24H39N3O4Si3. The molecule has 1 heterocycles. The van der Waals surface area contributed by atoms with Crippen molar-refractivity contribution in [3.63, 3.8) is 0 Å². The van der Waals surface area contributed by atoms with Crippen LogP contribution in [0.15, 0.2) is 36.4 Å². The Balaban J connectivity index is 1.78. The number of aryl methyl sites for hydroxylation is 1. The molecule has 0 aliphatic rings. The first-order valence-electron chi connectivity index (χ1n) is 11.8. The fourth-order valence-electron chi connectivity index (χ4n) is 4.03. The van der Waals surface area contributed by atoms with Crippen LogP contribution in [0.25, 0.3) is 16.7 Å². The molecule has 7 nitrogen and oxygen atoms in total. The van der Waals surface area contributed by atoms with Crippen LogP contribution < -0.4 is 0 Å². The predicted octanol–water partition coefficient (Wildman–Crippen LogP) is 5.90. The Labute approximate surface area is 206 Å². The Bertz CT molecular complexity index is 1090. The SMILES string of the molecule is Cc1cc(CC(C)CO[Si](C)(O[Si](C)(C)C)O[Si](C)(C)C)c(O)c(-n2nc3ccccc3n2)c1. The summed E-state index contributed by atoms with van der Waals surface area (Å²) >= 11 is 0. The Hall–Kier alpha value is -1.83. The molecule has 0 saturated carbocycles. The van der Waals surface area contributed by atoms with Crippen molar-refractivity contribution >= 4 is 36.5 Å². The highest BCUT2D eigenvalue weighted by Crippen LogP contribution is 2.30. The van der Waals surface area contributed by atoms with Gasteiger partial charge in [0.05, 0.1) is 0 Å². The number of hydrogen-bond donors (Lipinski definition) is 1. The number of benzene rings is 2. The van der Waals surface area contributed by atoms with Gasteiger partial charge >= 0.3 is 8.80 Å². The average molecular weight is 518 g/mol. The van der Waals surface area contributed by atoms with Gasteiger partial charge in [-0.1, -0.05) is 25.1 Å². The second-order valence-corrected chi connectivity index (χ2v) is 23.3. The second kappa shape index (κ2) is 10.0. The summed E-state index contributed by atoms with van der Waals surface area (Å²) in [5.41, 5.74) is 4.07. The molecule has 34 heavy (non-hydrogen) atoms. The van der Waals surface area contributed by atoms with Gasteiger partial charge in [0.2, 0.25) is 0 Å². The molecule has 0 aliphatic carbocycles. The zero-order chi connectivity index (χ0) is 25.3. The maximum atomic E-state index is 11.1. The maximum Gasteiger partial charge on any atom is 0.476 e. The average Bonchev–Trinajstić information content (AvgIpc) is 3.10. The molecule has 186 valence electrons. The largest absolute Gasteiger partial charge is 0.505 e. The first kappa shape index (κ1) is 26.8. The summed E-state index contributed by atoms with van der Waals surface area (Å²) in [5.74, 6) is 0.363. The Morgan fingerprint density at radius 2 is 1.44 bits per heavy atom. The molecule has 3 aromatic rings. The highest BCUT2D eigenvalue weighted by atomic mass is 28.5. The van der Waals surface area contributed by atoms with E-state index < -0.39 is 25.4 Å². The van der Waals surface area contributed by atoms with E-state index in [-0.39, 0.29) is 11.7 Å². The van der Waals surface area contributed by atoms with Crippen LogP contribution in [0.4, 0.5) is 0 Å². The third kappa shape index (κ3) is 7.33. The van der Waals surface area contributed by atoms with Crippen molar-refractivity contribution in [1.29, 1.82) is 0 Å². The smallest absolute Gasteiger partial charge is 0.476 e. The molecule has 0 radical (unpaired) electrons. The van der Waals surface area contributed by atoms with Crippen molar-refractivity contribution in [1.82, 2.24) is 15.0 Å². The molecule has 0 spiro atoms. The van der Waals surface area contributed by atoms with Gasteiger partial charge in [-0.25, -0.2) is 0 Å². The molecule has 0 fully saturated rings. The third-order valence-electron chi connectivity index (χ3n) is 5.00. The molecule has 0 bridgehead atoms. The first-order valence-corrected chi connectivity index (χ1v) is 20.9. The van der Waals surface area contributed by atoms with Gasteiger partial charge < -0.3 is 17.8 Å². The van der Waals surface area contributed by atoms with E-state index in [1.165, 1.54) is 4.80 Å². The van der Waals surface area contributed by atoms with Gasteiger partial charge in [-0.2, -0.15) is 0 Å². The molecule has 0 aliphatic heterocycles. The van der Waals surface area contributed by atoms with Crippen molar-refractivity contribution in [2.45, 2.75) is 66.1 Å². The van der Waals surface area contributed by atoms with E-state index >= 15 is 0 Å². The lowest BCUT2D eigenvalue weighted by Gasteiger charge is -2.37. The van der Waals surface area contributed by atoms with E-state index in [0.29, 0.717) is 18.7 Å². The lowest BCUT2D eigenvalue weighted by atomic mass is 9.98. The maximum absolute atomic E-state index is 11.1. The van der Waals surface area contributed by atoms with Crippen molar-refractivity contribution in [2.24, 2.45) is 5.92 Å². The minimum atomic E-state index is -2.77. The Morgan fingerprint density at radius 1 is 0.912 bits per heavy atom. The number of phenolic OH excluding ortho intramolecular Hbond substituents is 1. The number of fused-ring (bicyclic) bond motifs is 1. The molecule has 2 aromatic carbocycles. The Kier molecular flexibility index (Phi) is 7.90. The molecule has 0 amide bonds. The monoisotopic (exact) mass is 517 g/mol. The number of aromatic hydroxyl groups is 1. The number of aromatic nitrogens is 3. The van der Waals surface area contributed by atoms with E-state index in [2.05, 4.69) is 56.4 Å². The van der Waals surface area contributed by atoms with Crippen LogP contribution in [0.2, 0.25) is 45.8 Å². The lowest BCUT2D eigenvalue weighted by molar-refractivity contribution is 0.143. The first-order chi connectivity index (χ1) is 15.6. The van der Waals surface area contributed by atoms with E-state index in [1.807, 2.05) is 49.9 Å². The van der Waals surface area contributed by atoms with Crippen LogP contribution in [0, 0.1) is 12.8 Å². The summed E-state index contributed by atoms with van der Waals surface area (Å²) < 4.78 is 19.3. The molecule has 3 rings (SSSR count). The molecule has 1 N–H and O–H groups in total. The summed E-state index contributed by atoms with van der Waals surface area (Å²) in [6, 6.07) is 11.6. The zero-order valence-electron chi connectivity index (χ0n) is 22.0. The highest BCUT2D eigenvalue weighted by Gasteiger charge is 2.43. The van der Waals surface area contributed by atoms with Crippen molar-refractivity contribution in [3.8, 4) is 11.4 Å². The molecule has 1 unspecified atom stereocenters. The molecule has 0 saturated heterocycles. The highest BCUT2D eigenvalue weighted by molar-refractivity contribution is 6.85. The van der Waals surface area contributed by atoms with E-state index in [4.69, 9.17) is 12.7 Å². The quantitative estimate of drug-likeness (QED) is 0.337. The van der Waals surface area contributed by atoms with E-state index in [0.717, 1.165) is 22.2 Å². The molecule has 1 aromatic heterocycles. The molecular weight excluding hydrogens is 479 g/mol. The zero-order valence-corrected chi connectivity index (χ0v) is 25.0. The van der Waals surface area contributed by atoms with Gasteiger partial charge in [0, 0.05) is 13.2 Å². The molecule has 10 heteroatoms. The predicted molar refractivity (Wildman–Crippen MR) is 145 cm³/mol. The van der Waals surface area contributed by atoms with Crippen molar-refractivity contribution in [3.05, 3.63) is 47.5 Å². The van der Waals surface area contributed by atoms with Crippen molar-refractivity contribution < 1.29 is 17.8 Å². The lowest BCUT2D eigenvalue weighted by Crippen LogP contribution is -2.55. The second-order valence-electron chi connectivity index (χ2n) is 11.2. The van der Waals surface area contributed by atoms with Gasteiger partial charge in [-0.3, -0.25) is 0 Å². The summed E-state index contributed by atoms with van der Waals surface area (Å²) in [6.45, 7) is 19.7. The normalized spacial score (nSPS) is 14.0. The van der Waals surface area contributed by atoms with Crippen LogP contribution in [-0.4, -0.2) is 52.1 Å². The van der Waals surface area contributed by atoms with Crippen molar-refractivity contribution in [2.75, 3.05) is 6.61 Å². The fraction of sp³-hybridized carbons (Fsp3) is 0.500. The van der Waals surface area contributed by atoms with Crippen LogP contribution >= 0.6 is 0 Å². The minimum Gasteiger partial charge on any atom is -0.505 e. The van der Waals surface area contributed by atoms with Crippen LogP contribution in [0.5, 0.6) is 5.75 Å². The van der Waals surface area contributed by atoms with Crippen LogP contribution in [0.3, 0.4) is 0 Å². The number of nitrogens with zero attached hydrogens (tertiary/aromatic N) is 3. The summed E-state index contributed by atoms with van der Waals surface area (Å²) in [7, 11) is -6.44. The summed E-state index contributed by atoms with van der Waals surface area (Å²) in [4.78, 5) is 1.52. The van der Waals surface area contributed by atoms with Gasteiger partial charge in [0.25, 0.3) is 0 Å². The topological polar surface area (TPSA) is 78.6 Å². The standard InChI is InChI=1S/C24H39N3O4Si3/c1-18-14-20(24(28)23(16-18)27-25-21-12-10-11-13-22(21)26-27)15-19(2)17-29-34(9,30-32(3,4)5)31-33(6,7)8/h10-14,16,19,28H,15,17H2,1-9H3. The number of phenols is 1. The van der Waals surface area contributed by atoms with E-state index in [1.54, 1.807) is 0 Å². The summed E-state index contributed by atoms with van der Waals surface area (Å²) in [5, 5.41) is 20.2. The van der Waals surface area contributed by atoms with Crippen LogP contribution in [-0.2, 0) is 19.1 Å².